The highest BCUT2D eigenvalue weighted by molar-refractivity contribution is 5.72. The predicted molar refractivity (Wildman–Crippen MR) is 127 cm³/mol. The Balaban J connectivity index is 2.23. The number of hydrogen-bond acceptors (Lipinski definition) is 5. The molecule has 3 rings (SSSR count). The first kappa shape index (κ1) is 23.4. The number of hydrogen-bond donors (Lipinski definition) is 1. The number of pyridine rings is 1. The number of benzene rings is 1. The third-order valence-electron chi connectivity index (χ3n) is 6.18. The summed E-state index contributed by atoms with van der Waals surface area (Å²) >= 11 is 0. The highest BCUT2D eigenvalue weighted by Crippen LogP contribution is 2.47. The molecule has 0 radical (unpaired) electrons. The molecule has 1 N–H and O–H groups in total. The van der Waals surface area contributed by atoms with E-state index in [9.17, 15) is 15.2 Å². The molecule has 0 atom stereocenters. The molecule has 0 saturated heterocycles. The summed E-state index contributed by atoms with van der Waals surface area (Å²) in [6, 6.07) is 10.4. The van der Waals surface area contributed by atoms with Crippen molar-refractivity contribution in [1.29, 1.82) is 5.26 Å². The fourth-order valence-corrected chi connectivity index (χ4v) is 4.30. The summed E-state index contributed by atoms with van der Waals surface area (Å²) in [5.41, 5.74) is 6.95. The highest BCUT2D eigenvalue weighted by Gasteiger charge is 2.39. The molecule has 2 heterocycles. The summed E-state index contributed by atoms with van der Waals surface area (Å²) in [5.74, 6) is -0.176. The first-order valence-electron chi connectivity index (χ1n) is 11.0. The molecule has 1 aliphatic heterocycles. The largest absolute Gasteiger partial charge is 0.494 e. The van der Waals surface area contributed by atoms with Crippen molar-refractivity contribution >= 4 is 11.8 Å². The molecule has 0 aliphatic carbocycles. The number of ether oxygens (including phenoxy) is 1. The van der Waals surface area contributed by atoms with E-state index in [1.54, 1.807) is 13.0 Å². The summed E-state index contributed by atoms with van der Waals surface area (Å²) in [6.07, 6.45) is 3.82. The van der Waals surface area contributed by atoms with E-state index in [1.165, 1.54) is 22.9 Å². The maximum Gasteiger partial charge on any atom is 0.271 e. The number of nitriles is 1. The fraction of sp³-hybridized carbons (Fsp3) is 0.423. The molecular weight excluding hydrogens is 402 g/mol. The standard InChI is InChI=1S/C26H31N3O3/c1-6-7-14-28-22-11-9-8-10-21(22)26(3,4)23(28)13-12-19-18(2)20(17-27)25(31)29(24(19)30)15-16-32-5/h8-12,30H,6-7,14-16H2,1-5H3. The zero-order valence-corrected chi connectivity index (χ0v) is 19.5. The van der Waals surface area contributed by atoms with Crippen LogP contribution in [0.2, 0.25) is 0 Å². The van der Waals surface area contributed by atoms with Crippen LogP contribution in [0.15, 0.2) is 40.5 Å². The summed E-state index contributed by atoms with van der Waals surface area (Å²) in [4.78, 5) is 14.9. The van der Waals surface area contributed by atoms with Gasteiger partial charge in [0.05, 0.1) is 18.8 Å². The second kappa shape index (κ2) is 9.48. The molecule has 0 unspecified atom stereocenters. The van der Waals surface area contributed by atoms with Crippen LogP contribution in [0.5, 0.6) is 5.88 Å². The minimum absolute atomic E-state index is 0.0220. The van der Waals surface area contributed by atoms with E-state index in [1.807, 2.05) is 18.2 Å². The Morgan fingerprint density at radius 2 is 1.97 bits per heavy atom. The average Bonchev–Trinajstić information content (AvgIpc) is 2.99. The Hall–Kier alpha value is -3.26. The molecule has 0 saturated carbocycles. The van der Waals surface area contributed by atoms with Crippen LogP contribution in [-0.4, -0.2) is 29.9 Å². The number of methoxy groups -OCH3 is 1. The topological polar surface area (TPSA) is 78.5 Å². The van der Waals surface area contributed by atoms with E-state index in [4.69, 9.17) is 4.74 Å². The number of anilines is 1. The van der Waals surface area contributed by atoms with Gasteiger partial charge in [0.15, 0.2) is 0 Å². The Labute approximate surface area is 189 Å². The molecule has 0 amide bonds. The number of rotatable bonds is 7. The number of fused-ring (bicyclic) bond motifs is 1. The fourth-order valence-electron chi connectivity index (χ4n) is 4.30. The van der Waals surface area contributed by atoms with Gasteiger partial charge in [0, 0.05) is 30.3 Å². The van der Waals surface area contributed by atoms with Gasteiger partial charge < -0.3 is 14.7 Å². The van der Waals surface area contributed by atoms with Crippen LogP contribution in [0.3, 0.4) is 0 Å². The van der Waals surface area contributed by atoms with Crippen molar-refractivity contribution in [2.45, 2.75) is 52.5 Å². The molecular formula is C26H31N3O3. The average molecular weight is 434 g/mol. The molecule has 1 aromatic carbocycles. The Morgan fingerprint density at radius 1 is 1.25 bits per heavy atom. The Kier molecular flexibility index (Phi) is 6.93. The molecule has 6 heteroatoms. The van der Waals surface area contributed by atoms with Crippen molar-refractivity contribution in [3.8, 4) is 11.9 Å². The Morgan fingerprint density at radius 3 is 2.62 bits per heavy atom. The number of allylic oxidation sites excluding steroid dienone is 1. The van der Waals surface area contributed by atoms with Gasteiger partial charge in [0.1, 0.15) is 11.6 Å². The van der Waals surface area contributed by atoms with Crippen molar-refractivity contribution in [1.82, 2.24) is 4.57 Å². The van der Waals surface area contributed by atoms with Crippen LogP contribution in [0.25, 0.3) is 6.08 Å². The van der Waals surface area contributed by atoms with Gasteiger partial charge in [-0.2, -0.15) is 5.26 Å². The summed E-state index contributed by atoms with van der Waals surface area (Å²) < 4.78 is 6.26. The van der Waals surface area contributed by atoms with Gasteiger partial charge in [0.2, 0.25) is 5.88 Å². The van der Waals surface area contributed by atoms with Gasteiger partial charge in [-0.25, -0.2) is 0 Å². The lowest BCUT2D eigenvalue weighted by atomic mass is 9.84. The van der Waals surface area contributed by atoms with Crippen molar-refractivity contribution in [2.75, 3.05) is 25.2 Å². The van der Waals surface area contributed by atoms with E-state index in [0.29, 0.717) is 11.1 Å². The second-order valence-corrected chi connectivity index (χ2v) is 8.58. The minimum atomic E-state index is -0.512. The monoisotopic (exact) mass is 433 g/mol. The van der Waals surface area contributed by atoms with Gasteiger partial charge in [-0.1, -0.05) is 37.3 Å². The summed E-state index contributed by atoms with van der Waals surface area (Å²) in [7, 11) is 1.53. The predicted octanol–water partition coefficient (Wildman–Crippen LogP) is 4.47. The lowest BCUT2D eigenvalue weighted by Gasteiger charge is -2.25. The number of para-hydroxylation sites is 1. The van der Waals surface area contributed by atoms with E-state index in [-0.39, 0.29) is 30.0 Å². The van der Waals surface area contributed by atoms with Crippen molar-refractivity contribution in [2.24, 2.45) is 0 Å². The zero-order chi connectivity index (χ0) is 23.5. The number of aromatic hydroxyl groups is 1. The van der Waals surface area contributed by atoms with Crippen molar-refractivity contribution in [3.63, 3.8) is 0 Å². The van der Waals surface area contributed by atoms with Crippen LogP contribution < -0.4 is 10.5 Å². The van der Waals surface area contributed by atoms with Crippen LogP contribution in [0.1, 0.15) is 55.9 Å². The van der Waals surface area contributed by atoms with Crippen LogP contribution in [-0.2, 0) is 16.7 Å². The van der Waals surface area contributed by atoms with Gasteiger partial charge in [-0.05, 0) is 50.5 Å². The normalized spacial score (nSPS) is 14.1. The van der Waals surface area contributed by atoms with Crippen LogP contribution in [0, 0.1) is 18.3 Å². The van der Waals surface area contributed by atoms with Crippen molar-refractivity contribution in [3.05, 3.63) is 68.3 Å². The van der Waals surface area contributed by atoms with E-state index >= 15 is 0 Å². The molecule has 0 bridgehead atoms. The molecule has 168 valence electrons. The second-order valence-electron chi connectivity index (χ2n) is 8.58. The molecule has 1 aliphatic rings. The quantitative estimate of drug-likeness (QED) is 0.652. The van der Waals surface area contributed by atoms with Gasteiger partial charge in [-0.3, -0.25) is 9.36 Å². The maximum atomic E-state index is 12.7. The van der Waals surface area contributed by atoms with Crippen LogP contribution in [0.4, 0.5) is 5.69 Å². The van der Waals surface area contributed by atoms with Crippen molar-refractivity contribution < 1.29 is 9.84 Å². The molecule has 32 heavy (non-hydrogen) atoms. The SMILES string of the molecule is CCCCN1C(=C=Cc2c(C)c(C#N)c(=O)n(CCOC)c2O)C(C)(C)c2ccccc21. The van der Waals surface area contributed by atoms with Crippen LogP contribution >= 0.6 is 0 Å². The molecule has 0 fully saturated rings. The minimum Gasteiger partial charge on any atom is -0.494 e. The van der Waals surface area contributed by atoms with E-state index in [0.717, 1.165) is 25.1 Å². The third kappa shape index (κ3) is 3.98. The third-order valence-corrected chi connectivity index (χ3v) is 6.18. The first-order chi connectivity index (χ1) is 15.3. The van der Waals surface area contributed by atoms with E-state index in [2.05, 4.69) is 43.5 Å². The zero-order valence-electron chi connectivity index (χ0n) is 19.5. The lowest BCUT2D eigenvalue weighted by molar-refractivity contribution is 0.182. The molecule has 1 aromatic heterocycles. The number of aromatic nitrogens is 1. The molecule has 6 nitrogen and oxygen atoms in total. The molecule has 2 aromatic rings. The molecule has 0 spiro atoms. The lowest BCUT2D eigenvalue weighted by Crippen LogP contribution is -2.27. The number of unbranched alkanes of at least 4 members (excludes halogenated alkanes) is 1. The first-order valence-corrected chi connectivity index (χ1v) is 11.0. The summed E-state index contributed by atoms with van der Waals surface area (Å²) in [6.45, 7) is 9.46. The van der Waals surface area contributed by atoms with Gasteiger partial charge in [-0.15, -0.1) is 0 Å². The highest BCUT2D eigenvalue weighted by atomic mass is 16.5. The number of nitrogens with zero attached hydrogens (tertiary/aromatic N) is 3. The van der Waals surface area contributed by atoms with Gasteiger partial charge >= 0.3 is 0 Å². The van der Waals surface area contributed by atoms with E-state index < -0.39 is 5.56 Å². The summed E-state index contributed by atoms with van der Waals surface area (Å²) in [5, 5.41) is 20.4. The van der Waals surface area contributed by atoms with Gasteiger partial charge in [0.25, 0.3) is 5.56 Å². The Bertz CT molecular complexity index is 1180. The smallest absolute Gasteiger partial charge is 0.271 e. The maximum absolute atomic E-state index is 12.7.